The molecular formula is C28H43N3O4. The molecule has 1 atom stereocenters. The summed E-state index contributed by atoms with van der Waals surface area (Å²) in [6.07, 6.45) is 12.1. The molecule has 7 heteroatoms. The number of urea groups is 1. The number of allylic oxidation sites excluding steroid dienone is 1. The molecule has 0 bridgehead atoms. The van der Waals surface area contributed by atoms with Crippen LogP contribution >= 0.6 is 0 Å². The lowest BCUT2D eigenvalue weighted by Crippen LogP contribution is -2.48. The number of rotatable bonds is 15. The average Bonchev–Trinajstić information content (AvgIpc) is 2.85. The Labute approximate surface area is 210 Å². The summed E-state index contributed by atoms with van der Waals surface area (Å²) in [5.74, 6) is -0.500. The minimum Gasteiger partial charge on any atom is -0.466 e. The number of carbonyl (C=O) groups excluding carboxylic acids is 3. The number of amides is 3. The number of hydrogen-bond donors (Lipinski definition) is 2. The van der Waals surface area contributed by atoms with Gasteiger partial charge in [0.25, 0.3) is 0 Å². The second-order valence-electron chi connectivity index (χ2n) is 9.28. The second-order valence-corrected chi connectivity index (χ2v) is 9.28. The molecule has 194 valence electrons. The first-order valence-corrected chi connectivity index (χ1v) is 13.2. The number of esters is 1. The number of anilines is 1. The molecule has 1 heterocycles. The third-order valence-corrected chi connectivity index (χ3v) is 6.46. The normalized spacial score (nSPS) is 15.7. The van der Waals surface area contributed by atoms with Crippen molar-refractivity contribution < 1.29 is 19.1 Å². The minimum atomic E-state index is -0.641. The first kappa shape index (κ1) is 28.4. The molecule has 0 spiro atoms. The molecule has 7 nitrogen and oxygen atoms in total. The van der Waals surface area contributed by atoms with Gasteiger partial charge in [-0.15, -0.1) is 0 Å². The topological polar surface area (TPSA) is 87.7 Å². The second kappa shape index (κ2) is 15.2. The Morgan fingerprint density at radius 3 is 2.29 bits per heavy atom. The number of ether oxygens (including phenoxy) is 1. The van der Waals surface area contributed by atoms with Crippen LogP contribution in [0.3, 0.4) is 0 Å². The molecule has 2 N–H and O–H groups in total. The van der Waals surface area contributed by atoms with Gasteiger partial charge in [-0.25, -0.2) is 9.59 Å². The molecule has 3 amide bonds. The van der Waals surface area contributed by atoms with E-state index in [1.165, 1.54) is 52.1 Å². The van der Waals surface area contributed by atoms with Gasteiger partial charge >= 0.3 is 12.0 Å². The molecule has 35 heavy (non-hydrogen) atoms. The van der Waals surface area contributed by atoms with E-state index in [1.807, 2.05) is 31.2 Å². The van der Waals surface area contributed by atoms with Gasteiger partial charge in [-0.1, -0.05) is 77.3 Å². The van der Waals surface area contributed by atoms with Gasteiger partial charge in [0.05, 0.1) is 18.7 Å². The fourth-order valence-electron chi connectivity index (χ4n) is 4.51. The first-order chi connectivity index (χ1) is 16.9. The predicted octanol–water partition coefficient (Wildman–Crippen LogP) is 6.47. The summed E-state index contributed by atoms with van der Waals surface area (Å²) >= 11 is 0. The zero-order valence-corrected chi connectivity index (χ0v) is 22.0. The van der Waals surface area contributed by atoms with Gasteiger partial charge < -0.3 is 15.4 Å². The highest BCUT2D eigenvalue weighted by Gasteiger charge is 2.36. The monoisotopic (exact) mass is 485 g/mol. The van der Waals surface area contributed by atoms with Gasteiger partial charge in [0.2, 0.25) is 5.91 Å². The number of methoxy groups -OCH3 is 1. The smallest absolute Gasteiger partial charge is 0.337 e. The van der Waals surface area contributed by atoms with Gasteiger partial charge in [-0.3, -0.25) is 9.69 Å². The Hall–Kier alpha value is -2.83. The van der Waals surface area contributed by atoms with Gasteiger partial charge in [0.1, 0.15) is 0 Å². The van der Waals surface area contributed by atoms with Crippen molar-refractivity contribution in [2.24, 2.45) is 0 Å². The van der Waals surface area contributed by atoms with E-state index in [0.717, 1.165) is 24.8 Å². The summed E-state index contributed by atoms with van der Waals surface area (Å²) < 4.78 is 5.02. The van der Waals surface area contributed by atoms with Crippen LogP contribution in [0.2, 0.25) is 0 Å². The molecule has 0 aromatic heterocycles. The predicted molar refractivity (Wildman–Crippen MR) is 140 cm³/mol. The van der Waals surface area contributed by atoms with Gasteiger partial charge in [-0.2, -0.15) is 0 Å². The van der Waals surface area contributed by atoms with Crippen LogP contribution in [0.25, 0.3) is 0 Å². The lowest BCUT2D eigenvalue weighted by molar-refractivity contribution is -0.136. The van der Waals surface area contributed by atoms with Crippen molar-refractivity contribution in [3.05, 3.63) is 41.1 Å². The highest BCUT2D eigenvalue weighted by Crippen LogP contribution is 2.32. The number of hydrogen-bond acceptors (Lipinski definition) is 4. The van der Waals surface area contributed by atoms with Crippen LogP contribution in [0.15, 0.2) is 35.5 Å². The Kier molecular flexibility index (Phi) is 12.4. The molecular weight excluding hydrogens is 442 g/mol. The summed E-state index contributed by atoms with van der Waals surface area (Å²) in [4.78, 5) is 39.4. The maximum atomic E-state index is 12.7. The van der Waals surface area contributed by atoms with Crippen molar-refractivity contribution in [2.75, 3.05) is 19.0 Å². The van der Waals surface area contributed by atoms with E-state index in [4.69, 9.17) is 4.74 Å². The van der Waals surface area contributed by atoms with Crippen LogP contribution in [0.1, 0.15) is 103 Å². The van der Waals surface area contributed by atoms with E-state index >= 15 is 0 Å². The Morgan fingerprint density at radius 1 is 1.00 bits per heavy atom. The molecule has 2 rings (SSSR count). The zero-order valence-electron chi connectivity index (χ0n) is 22.0. The van der Waals surface area contributed by atoms with E-state index in [1.54, 1.807) is 11.8 Å². The fourth-order valence-corrected chi connectivity index (χ4v) is 4.51. The SMILES string of the molecule is CCCCCCCCCCCC(=O)Nc1cccc([C@@H]2NC(=O)N(CCC)C(C)=C2C(=O)OC)c1. The Balaban J connectivity index is 1.96. The lowest BCUT2D eigenvalue weighted by atomic mass is 9.94. The number of nitrogens with one attached hydrogen (secondary N) is 2. The quantitative estimate of drug-likeness (QED) is 0.220. The standard InChI is InChI=1S/C28H43N3O4/c1-5-7-8-9-10-11-12-13-14-18-24(32)29-23-17-15-16-22(20-23)26-25(27(33)35-4)21(3)31(19-6-2)28(34)30-26/h15-17,20,26H,5-14,18-19H2,1-4H3,(H,29,32)(H,30,34)/t26-/m0/s1. The summed E-state index contributed by atoms with van der Waals surface area (Å²) in [5, 5.41) is 5.89. The first-order valence-electron chi connectivity index (χ1n) is 13.2. The van der Waals surface area contributed by atoms with Gasteiger partial charge in [-0.05, 0) is 37.5 Å². The molecule has 1 aromatic carbocycles. The molecule has 0 unspecified atom stereocenters. The van der Waals surface area contributed by atoms with Gasteiger partial charge in [0, 0.05) is 24.4 Å². The van der Waals surface area contributed by atoms with Crippen molar-refractivity contribution in [2.45, 2.75) is 97.4 Å². The Morgan fingerprint density at radius 2 is 1.66 bits per heavy atom. The number of nitrogens with zero attached hydrogens (tertiary/aromatic N) is 1. The summed E-state index contributed by atoms with van der Waals surface area (Å²) in [6.45, 7) is 6.49. The number of benzene rings is 1. The third-order valence-electron chi connectivity index (χ3n) is 6.46. The highest BCUT2D eigenvalue weighted by atomic mass is 16.5. The summed E-state index contributed by atoms with van der Waals surface area (Å²) in [7, 11) is 1.34. The molecule has 0 aliphatic carbocycles. The van der Waals surface area contributed by atoms with Crippen molar-refractivity contribution in [3.63, 3.8) is 0 Å². The Bertz CT molecular complexity index is 881. The number of unbranched alkanes of at least 4 members (excludes halogenated alkanes) is 8. The molecule has 0 saturated heterocycles. The van der Waals surface area contributed by atoms with E-state index in [-0.39, 0.29) is 11.9 Å². The maximum Gasteiger partial charge on any atom is 0.337 e. The van der Waals surface area contributed by atoms with Crippen molar-refractivity contribution >= 4 is 23.6 Å². The van der Waals surface area contributed by atoms with E-state index in [2.05, 4.69) is 17.6 Å². The molecule has 0 fully saturated rings. The van der Waals surface area contributed by atoms with Crippen LogP contribution in [0, 0.1) is 0 Å². The van der Waals surface area contributed by atoms with Crippen molar-refractivity contribution in [3.8, 4) is 0 Å². The van der Waals surface area contributed by atoms with Gasteiger partial charge in [0.15, 0.2) is 0 Å². The van der Waals surface area contributed by atoms with Crippen LogP contribution in [-0.2, 0) is 14.3 Å². The average molecular weight is 486 g/mol. The largest absolute Gasteiger partial charge is 0.466 e. The number of carbonyl (C=O) groups is 3. The third kappa shape index (κ3) is 8.71. The van der Waals surface area contributed by atoms with E-state index in [9.17, 15) is 14.4 Å². The summed E-state index contributed by atoms with van der Waals surface area (Å²) in [5.41, 5.74) is 2.36. The van der Waals surface area contributed by atoms with Crippen LogP contribution < -0.4 is 10.6 Å². The van der Waals surface area contributed by atoms with Crippen molar-refractivity contribution in [1.29, 1.82) is 0 Å². The van der Waals surface area contributed by atoms with Crippen molar-refractivity contribution in [1.82, 2.24) is 10.2 Å². The van der Waals surface area contributed by atoms with Crippen LogP contribution in [-0.4, -0.2) is 36.5 Å². The molecule has 0 radical (unpaired) electrons. The molecule has 0 saturated carbocycles. The molecule has 1 aromatic rings. The maximum absolute atomic E-state index is 12.7. The van der Waals surface area contributed by atoms with E-state index < -0.39 is 12.0 Å². The molecule has 1 aliphatic rings. The molecule has 1 aliphatic heterocycles. The minimum absolute atomic E-state index is 0.0215. The highest BCUT2D eigenvalue weighted by molar-refractivity contribution is 5.95. The summed E-state index contributed by atoms with van der Waals surface area (Å²) in [6, 6.07) is 6.40. The van der Waals surface area contributed by atoms with Crippen LogP contribution in [0.5, 0.6) is 0 Å². The van der Waals surface area contributed by atoms with E-state index in [0.29, 0.717) is 29.9 Å². The van der Waals surface area contributed by atoms with Crippen LogP contribution in [0.4, 0.5) is 10.5 Å². The zero-order chi connectivity index (χ0) is 25.6. The lowest BCUT2D eigenvalue weighted by Gasteiger charge is -2.35. The fraction of sp³-hybridized carbons (Fsp3) is 0.607.